The first-order valence-electron chi connectivity index (χ1n) is 5.14. The van der Waals surface area contributed by atoms with E-state index in [0.717, 1.165) is 0 Å². The fraction of sp³-hybridized carbons (Fsp3) is 0.167. The van der Waals surface area contributed by atoms with E-state index in [4.69, 9.17) is 4.42 Å². The Morgan fingerprint density at radius 3 is 2.82 bits per heavy atom. The maximum Gasteiger partial charge on any atom is 0.360 e. The van der Waals surface area contributed by atoms with Crippen molar-refractivity contribution in [1.82, 2.24) is 0 Å². The van der Waals surface area contributed by atoms with E-state index in [2.05, 4.69) is 0 Å². The van der Waals surface area contributed by atoms with Gasteiger partial charge in [-0.05, 0) is 25.1 Å². The molecule has 0 radical (unpaired) electrons. The zero-order valence-corrected chi connectivity index (χ0v) is 9.21. The third-order valence-electron chi connectivity index (χ3n) is 2.48. The van der Waals surface area contributed by atoms with Crippen molar-refractivity contribution in [2.24, 2.45) is 0 Å². The molecule has 0 bridgehead atoms. The average molecular weight is 233 g/mol. The number of carbonyl (C=O) groups is 1. The molecule has 0 spiro atoms. The molecule has 0 fully saturated rings. The van der Waals surface area contributed by atoms with Gasteiger partial charge in [0.1, 0.15) is 17.0 Å². The van der Waals surface area contributed by atoms with Crippen molar-refractivity contribution in [2.75, 3.05) is 11.4 Å². The lowest BCUT2D eigenvalue weighted by Gasteiger charge is -2.13. The number of phenolic OH excluding ortho intramolecular Hbond substituents is 1. The minimum absolute atomic E-state index is 0.0242. The molecular formula is C12H11NO4. The lowest BCUT2D eigenvalue weighted by atomic mass is 10.2. The second-order valence-electron chi connectivity index (χ2n) is 3.53. The molecular weight excluding hydrogens is 222 g/mol. The Morgan fingerprint density at radius 2 is 2.18 bits per heavy atom. The Balaban J connectivity index is 2.67. The highest BCUT2D eigenvalue weighted by Gasteiger charge is 2.11. The minimum atomic E-state index is -0.600. The molecule has 5 nitrogen and oxygen atoms in total. The van der Waals surface area contributed by atoms with Crippen LogP contribution in [0.1, 0.15) is 6.92 Å². The third kappa shape index (κ3) is 1.99. The molecule has 0 saturated carbocycles. The standard InChI is InChI=1S/C12H11NO4/c1-2-13(7-14)10-5-8-3-4-9(15)6-11(8)17-12(10)16/h3-7,15H,2H2,1H3. The third-order valence-corrected chi connectivity index (χ3v) is 2.48. The Kier molecular flexibility index (Phi) is 2.82. The number of hydrogen-bond donors (Lipinski definition) is 1. The summed E-state index contributed by atoms with van der Waals surface area (Å²) >= 11 is 0. The molecule has 1 aromatic carbocycles. The van der Waals surface area contributed by atoms with Crippen LogP contribution in [0, 0.1) is 0 Å². The summed E-state index contributed by atoms with van der Waals surface area (Å²) in [5, 5.41) is 9.91. The zero-order valence-electron chi connectivity index (χ0n) is 9.21. The van der Waals surface area contributed by atoms with Crippen LogP contribution < -0.4 is 10.5 Å². The summed E-state index contributed by atoms with van der Waals surface area (Å²) in [5.41, 5.74) is -0.113. The Hall–Kier alpha value is -2.30. The van der Waals surface area contributed by atoms with Gasteiger partial charge in [0.25, 0.3) is 0 Å². The smallest absolute Gasteiger partial charge is 0.360 e. The van der Waals surface area contributed by atoms with Gasteiger partial charge in [-0.1, -0.05) is 0 Å². The van der Waals surface area contributed by atoms with Crippen LogP contribution in [-0.4, -0.2) is 18.1 Å². The summed E-state index contributed by atoms with van der Waals surface area (Å²) in [6.45, 7) is 2.15. The molecule has 5 heteroatoms. The molecule has 1 N–H and O–H groups in total. The predicted molar refractivity (Wildman–Crippen MR) is 63.2 cm³/mol. The number of phenols is 1. The summed E-state index contributed by atoms with van der Waals surface area (Å²) < 4.78 is 5.04. The van der Waals surface area contributed by atoms with Crippen LogP contribution in [0.2, 0.25) is 0 Å². The number of carbonyl (C=O) groups excluding carboxylic acids is 1. The Labute approximate surface area is 96.9 Å². The van der Waals surface area contributed by atoms with Crippen LogP contribution in [-0.2, 0) is 4.79 Å². The van der Waals surface area contributed by atoms with Crippen molar-refractivity contribution < 1.29 is 14.3 Å². The van der Waals surface area contributed by atoms with Crippen LogP contribution in [0.4, 0.5) is 5.69 Å². The number of anilines is 1. The maximum atomic E-state index is 11.7. The van der Waals surface area contributed by atoms with E-state index in [1.807, 2.05) is 0 Å². The highest BCUT2D eigenvalue weighted by Crippen LogP contribution is 2.21. The highest BCUT2D eigenvalue weighted by molar-refractivity contribution is 5.84. The van der Waals surface area contributed by atoms with E-state index in [9.17, 15) is 14.7 Å². The quantitative estimate of drug-likeness (QED) is 0.644. The second-order valence-corrected chi connectivity index (χ2v) is 3.53. The summed E-state index contributed by atoms with van der Waals surface area (Å²) in [7, 11) is 0. The summed E-state index contributed by atoms with van der Waals surface area (Å²) in [5.74, 6) is 0.0242. The summed E-state index contributed by atoms with van der Waals surface area (Å²) in [6, 6.07) is 6.04. The molecule has 0 saturated heterocycles. The summed E-state index contributed by atoms with van der Waals surface area (Å²) in [6.07, 6.45) is 0.582. The normalized spacial score (nSPS) is 10.4. The van der Waals surface area contributed by atoms with Crippen LogP contribution in [0.5, 0.6) is 5.75 Å². The zero-order chi connectivity index (χ0) is 12.4. The topological polar surface area (TPSA) is 70.8 Å². The van der Waals surface area contributed by atoms with Gasteiger partial charge in [0.15, 0.2) is 0 Å². The van der Waals surface area contributed by atoms with Crippen molar-refractivity contribution in [2.45, 2.75) is 6.92 Å². The van der Waals surface area contributed by atoms with Crippen molar-refractivity contribution in [1.29, 1.82) is 0 Å². The first-order valence-corrected chi connectivity index (χ1v) is 5.14. The predicted octanol–water partition coefficient (Wildman–Crippen LogP) is 1.48. The fourth-order valence-corrected chi connectivity index (χ4v) is 1.59. The van der Waals surface area contributed by atoms with E-state index in [1.54, 1.807) is 19.1 Å². The van der Waals surface area contributed by atoms with Crippen molar-refractivity contribution >= 4 is 23.1 Å². The van der Waals surface area contributed by atoms with Crippen molar-refractivity contribution in [3.8, 4) is 5.75 Å². The molecule has 17 heavy (non-hydrogen) atoms. The van der Waals surface area contributed by atoms with Gasteiger partial charge in [-0.25, -0.2) is 4.79 Å². The van der Waals surface area contributed by atoms with Gasteiger partial charge in [0, 0.05) is 18.0 Å². The molecule has 0 aliphatic carbocycles. The molecule has 2 aromatic rings. The number of rotatable bonds is 3. The van der Waals surface area contributed by atoms with E-state index < -0.39 is 5.63 Å². The largest absolute Gasteiger partial charge is 0.508 e. The molecule has 2 rings (SSSR count). The van der Waals surface area contributed by atoms with Crippen LogP contribution in [0.15, 0.2) is 33.5 Å². The molecule has 1 aromatic heterocycles. The average Bonchev–Trinajstić information content (AvgIpc) is 2.31. The van der Waals surface area contributed by atoms with Crippen LogP contribution in [0.3, 0.4) is 0 Å². The molecule has 0 aliphatic heterocycles. The Bertz CT molecular complexity index is 617. The Morgan fingerprint density at radius 1 is 1.41 bits per heavy atom. The van der Waals surface area contributed by atoms with E-state index >= 15 is 0 Å². The molecule has 1 heterocycles. The second kappa shape index (κ2) is 4.29. The number of fused-ring (bicyclic) bond motifs is 1. The fourth-order valence-electron chi connectivity index (χ4n) is 1.59. The van der Waals surface area contributed by atoms with Gasteiger partial charge >= 0.3 is 5.63 Å². The van der Waals surface area contributed by atoms with Crippen LogP contribution >= 0.6 is 0 Å². The van der Waals surface area contributed by atoms with Gasteiger partial charge in [0.2, 0.25) is 6.41 Å². The first kappa shape index (κ1) is 11.2. The molecule has 0 aliphatic rings. The summed E-state index contributed by atoms with van der Waals surface area (Å²) in [4.78, 5) is 23.7. The van der Waals surface area contributed by atoms with E-state index in [1.165, 1.54) is 17.0 Å². The molecule has 1 amide bonds. The molecule has 0 unspecified atom stereocenters. The van der Waals surface area contributed by atoms with Gasteiger partial charge in [-0.2, -0.15) is 0 Å². The number of nitrogens with zero attached hydrogens (tertiary/aromatic N) is 1. The van der Waals surface area contributed by atoms with E-state index in [0.29, 0.717) is 23.9 Å². The van der Waals surface area contributed by atoms with Gasteiger partial charge in [-0.3, -0.25) is 4.79 Å². The lowest BCUT2D eigenvalue weighted by molar-refractivity contribution is -0.107. The highest BCUT2D eigenvalue weighted by atomic mass is 16.4. The molecule has 0 atom stereocenters. The van der Waals surface area contributed by atoms with Crippen molar-refractivity contribution in [3.63, 3.8) is 0 Å². The van der Waals surface area contributed by atoms with Gasteiger partial charge in [0.05, 0.1) is 0 Å². The van der Waals surface area contributed by atoms with Crippen LogP contribution in [0.25, 0.3) is 11.0 Å². The maximum absolute atomic E-state index is 11.7. The minimum Gasteiger partial charge on any atom is -0.508 e. The lowest BCUT2D eigenvalue weighted by Crippen LogP contribution is -2.25. The first-order chi connectivity index (χ1) is 8.15. The monoisotopic (exact) mass is 233 g/mol. The SMILES string of the molecule is CCN(C=O)c1cc2ccc(O)cc2oc1=O. The molecule has 88 valence electrons. The number of aromatic hydroxyl groups is 1. The number of hydrogen-bond acceptors (Lipinski definition) is 4. The van der Waals surface area contributed by atoms with E-state index in [-0.39, 0.29) is 11.4 Å². The van der Waals surface area contributed by atoms with Gasteiger partial charge < -0.3 is 14.4 Å². The van der Waals surface area contributed by atoms with Crippen molar-refractivity contribution in [3.05, 3.63) is 34.7 Å². The number of benzene rings is 1. The van der Waals surface area contributed by atoms with Gasteiger partial charge in [-0.15, -0.1) is 0 Å². The number of amides is 1.